The van der Waals surface area contributed by atoms with Crippen LogP contribution >= 0.6 is 0 Å². The van der Waals surface area contributed by atoms with Crippen LogP contribution in [0.5, 0.6) is 5.75 Å². The number of Topliss-reactive ketones (excluding diaryl/α,β-unsaturated/α-hetero) is 1. The van der Waals surface area contributed by atoms with Crippen molar-refractivity contribution in [2.45, 2.75) is 78.7 Å². The minimum atomic E-state index is -0.271. The zero-order chi connectivity index (χ0) is 28.6. The molecule has 40 heavy (non-hydrogen) atoms. The Balaban J connectivity index is 1.82. The number of benzene rings is 3. The Morgan fingerprint density at radius 2 is 1.40 bits per heavy atom. The number of carbonyl (C=O) groups excluding carboxylic acids is 2. The van der Waals surface area contributed by atoms with Gasteiger partial charge >= 0.3 is 0 Å². The Hall–Kier alpha value is -3.93. The number of phenolic OH excluding ortho intramolecular Hbond substituents is 1. The summed E-state index contributed by atoms with van der Waals surface area (Å²) in [5.41, 5.74) is 3.73. The smallest absolute Gasteiger partial charge is 0.210 e. The van der Waals surface area contributed by atoms with Gasteiger partial charge in [0.05, 0.1) is 0 Å². The summed E-state index contributed by atoms with van der Waals surface area (Å²) >= 11 is 0. The maximum absolute atomic E-state index is 13.3. The van der Waals surface area contributed by atoms with Crippen LogP contribution in [0.25, 0.3) is 21.8 Å². The van der Waals surface area contributed by atoms with Crippen molar-refractivity contribution in [3.8, 4) is 5.75 Å². The summed E-state index contributed by atoms with van der Waals surface area (Å²) < 4.78 is 2.32. The van der Waals surface area contributed by atoms with Gasteiger partial charge in [0.25, 0.3) is 0 Å². The number of oxime groups is 1. The van der Waals surface area contributed by atoms with Gasteiger partial charge in [0, 0.05) is 45.0 Å². The summed E-state index contributed by atoms with van der Waals surface area (Å²) in [6.45, 7) is 7.39. The minimum Gasteiger partial charge on any atom is -0.508 e. The number of fused-ring (bicyclic) bond motifs is 3. The van der Waals surface area contributed by atoms with Crippen molar-refractivity contribution in [1.82, 2.24) is 4.57 Å². The first-order valence-electron chi connectivity index (χ1n) is 14.6. The lowest BCUT2D eigenvalue weighted by atomic mass is 9.98. The lowest BCUT2D eigenvalue weighted by Gasteiger charge is -2.17. The molecule has 0 aliphatic heterocycles. The standard InChI is InChI=1S/C34H40N2O4/c1-4-7-9-11-30(35-40)34(39)26-15-19-32-29(21-26)28-20-25(33(38)24-12-16-27(37)17-13-24)14-18-31(28)36(32)22-23(6-3)10-8-5-2/h12-21,23,37,40H,4-11,22H2,1-3H3/b35-30-. The Morgan fingerprint density at radius 3 is 2.00 bits per heavy atom. The quantitative estimate of drug-likeness (QED) is 0.0551. The van der Waals surface area contributed by atoms with Crippen molar-refractivity contribution in [1.29, 1.82) is 0 Å². The third kappa shape index (κ3) is 6.27. The van der Waals surface area contributed by atoms with E-state index in [9.17, 15) is 19.9 Å². The molecule has 0 saturated carbocycles. The lowest BCUT2D eigenvalue weighted by molar-refractivity contribution is 0.103. The summed E-state index contributed by atoms with van der Waals surface area (Å²) in [7, 11) is 0. The minimum absolute atomic E-state index is 0.112. The van der Waals surface area contributed by atoms with Gasteiger partial charge < -0.3 is 14.9 Å². The van der Waals surface area contributed by atoms with Crippen LogP contribution in [0.3, 0.4) is 0 Å². The Morgan fingerprint density at radius 1 is 0.800 bits per heavy atom. The number of aromatic hydroxyl groups is 1. The molecule has 3 aromatic carbocycles. The lowest BCUT2D eigenvalue weighted by Crippen LogP contribution is -2.14. The highest BCUT2D eigenvalue weighted by Gasteiger charge is 2.20. The van der Waals surface area contributed by atoms with Crippen LogP contribution in [-0.4, -0.2) is 32.2 Å². The van der Waals surface area contributed by atoms with E-state index in [0.29, 0.717) is 29.0 Å². The van der Waals surface area contributed by atoms with Crippen molar-refractivity contribution >= 4 is 39.1 Å². The SMILES string of the molecule is CCCCC/C(=N/O)C(=O)c1ccc2c(c1)c1cc(C(=O)c3ccc(O)cc3)ccc1n2CC(CC)CCCC. The second kappa shape index (κ2) is 13.4. The summed E-state index contributed by atoms with van der Waals surface area (Å²) in [5.74, 6) is 0.230. The molecule has 210 valence electrons. The zero-order valence-electron chi connectivity index (χ0n) is 23.8. The van der Waals surface area contributed by atoms with Gasteiger partial charge in [0.1, 0.15) is 11.5 Å². The molecule has 0 fully saturated rings. The third-order valence-electron chi connectivity index (χ3n) is 7.90. The largest absolute Gasteiger partial charge is 0.508 e. The molecular weight excluding hydrogens is 500 g/mol. The first-order chi connectivity index (χ1) is 19.4. The molecule has 0 spiro atoms. The molecule has 0 bridgehead atoms. The fourth-order valence-electron chi connectivity index (χ4n) is 5.46. The average molecular weight is 541 g/mol. The highest BCUT2D eigenvalue weighted by molar-refractivity contribution is 6.46. The molecule has 0 aliphatic rings. The monoisotopic (exact) mass is 540 g/mol. The predicted octanol–water partition coefficient (Wildman–Crippen LogP) is 8.54. The number of unbranched alkanes of at least 4 members (excludes halogenated alkanes) is 3. The van der Waals surface area contributed by atoms with Crippen molar-refractivity contribution in [3.05, 3.63) is 77.4 Å². The molecule has 0 amide bonds. The number of ketones is 2. The molecule has 0 saturated heterocycles. The van der Waals surface area contributed by atoms with Gasteiger partial charge in [-0.15, -0.1) is 0 Å². The highest BCUT2D eigenvalue weighted by atomic mass is 16.4. The van der Waals surface area contributed by atoms with Crippen LogP contribution in [0.4, 0.5) is 0 Å². The average Bonchev–Trinajstić information content (AvgIpc) is 3.29. The van der Waals surface area contributed by atoms with Crippen molar-refractivity contribution in [2.24, 2.45) is 11.1 Å². The first-order valence-corrected chi connectivity index (χ1v) is 14.6. The van der Waals surface area contributed by atoms with E-state index in [1.807, 2.05) is 36.4 Å². The van der Waals surface area contributed by atoms with Crippen LogP contribution in [0.15, 0.2) is 65.8 Å². The van der Waals surface area contributed by atoms with Gasteiger partial charge in [0.2, 0.25) is 5.78 Å². The summed E-state index contributed by atoms with van der Waals surface area (Å²) in [6, 6.07) is 17.7. The van der Waals surface area contributed by atoms with Crippen molar-refractivity contribution in [3.63, 3.8) is 0 Å². The van der Waals surface area contributed by atoms with Crippen LogP contribution < -0.4 is 0 Å². The van der Waals surface area contributed by atoms with E-state index in [0.717, 1.165) is 66.9 Å². The van der Waals surface area contributed by atoms with Gasteiger partial charge in [-0.1, -0.05) is 58.0 Å². The Labute approximate surface area is 236 Å². The maximum Gasteiger partial charge on any atom is 0.210 e. The molecule has 6 heteroatoms. The Kier molecular flexibility index (Phi) is 9.75. The molecular formula is C34H40N2O4. The van der Waals surface area contributed by atoms with Crippen LogP contribution in [0.1, 0.15) is 98.4 Å². The number of nitrogens with zero attached hydrogens (tertiary/aromatic N) is 2. The second-order valence-electron chi connectivity index (χ2n) is 10.7. The molecule has 1 aromatic heterocycles. The summed E-state index contributed by atoms with van der Waals surface area (Å²) in [5, 5.41) is 24.4. The van der Waals surface area contributed by atoms with E-state index in [1.165, 1.54) is 18.6 Å². The normalized spacial score (nSPS) is 12.7. The van der Waals surface area contributed by atoms with Crippen molar-refractivity contribution in [2.75, 3.05) is 0 Å². The molecule has 4 rings (SSSR count). The highest BCUT2D eigenvalue weighted by Crippen LogP contribution is 2.33. The number of phenols is 1. The topological polar surface area (TPSA) is 91.9 Å². The van der Waals surface area contributed by atoms with E-state index in [1.54, 1.807) is 12.1 Å². The van der Waals surface area contributed by atoms with E-state index < -0.39 is 0 Å². The van der Waals surface area contributed by atoms with E-state index >= 15 is 0 Å². The fraction of sp³-hybridized carbons (Fsp3) is 0.382. The zero-order valence-corrected chi connectivity index (χ0v) is 23.8. The van der Waals surface area contributed by atoms with Gasteiger partial charge in [-0.3, -0.25) is 9.59 Å². The molecule has 4 aromatic rings. The third-order valence-corrected chi connectivity index (χ3v) is 7.90. The van der Waals surface area contributed by atoms with E-state index in [4.69, 9.17) is 0 Å². The van der Waals surface area contributed by atoms with Gasteiger partial charge in [-0.05, 0) is 85.8 Å². The second-order valence-corrected chi connectivity index (χ2v) is 10.7. The molecule has 1 heterocycles. The fourth-order valence-corrected chi connectivity index (χ4v) is 5.46. The van der Waals surface area contributed by atoms with Gasteiger partial charge in [-0.2, -0.15) is 0 Å². The maximum atomic E-state index is 13.3. The van der Waals surface area contributed by atoms with Crippen LogP contribution in [-0.2, 0) is 6.54 Å². The number of hydrogen-bond acceptors (Lipinski definition) is 5. The van der Waals surface area contributed by atoms with Crippen LogP contribution in [0.2, 0.25) is 0 Å². The van der Waals surface area contributed by atoms with E-state index in [2.05, 4.69) is 30.5 Å². The first kappa shape index (κ1) is 29.1. The molecule has 0 radical (unpaired) electrons. The number of rotatable bonds is 14. The van der Waals surface area contributed by atoms with Gasteiger partial charge in [0.15, 0.2) is 5.78 Å². The predicted molar refractivity (Wildman–Crippen MR) is 162 cm³/mol. The van der Waals surface area contributed by atoms with Crippen molar-refractivity contribution < 1.29 is 19.9 Å². The molecule has 1 unspecified atom stereocenters. The number of hydrogen-bond donors (Lipinski definition) is 2. The number of carbonyl (C=O) groups is 2. The Bertz CT molecular complexity index is 1510. The summed E-state index contributed by atoms with van der Waals surface area (Å²) in [4.78, 5) is 26.6. The van der Waals surface area contributed by atoms with Gasteiger partial charge in [-0.25, -0.2) is 0 Å². The molecule has 6 nitrogen and oxygen atoms in total. The van der Waals surface area contributed by atoms with E-state index in [-0.39, 0.29) is 23.0 Å². The molecule has 1 atom stereocenters. The summed E-state index contributed by atoms with van der Waals surface area (Å²) in [6.07, 6.45) is 7.77. The van der Waals surface area contributed by atoms with Crippen LogP contribution in [0, 0.1) is 5.92 Å². The molecule has 0 aliphatic carbocycles. The molecule has 2 N–H and O–H groups in total. The number of aromatic nitrogens is 1.